The largest absolute Gasteiger partial charge is 0.479 e. The van der Waals surface area contributed by atoms with Crippen LogP contribution in [0.25, 0.3) is 21.5 Å². The lowest BCUT2D eigenvalue weighted by Crippen LogP contribution is -2.73. The first-order valence-electron chi connectivity index (χ1n) is 37.8. The molecule has 9 amide bonds. The van der Waals surface area contributed by atoms with Crippen LogP contribution >= 0.6 is 23.2 Å². The van der Waals surface area contributed by atoms with Crippen molar-refractivity contribution in [2.45, 2.75) is 114 Å². The normalized spacial score (nSPS) is 21.8. The summed E-state index contributed by atoms with van der Waals surface area (Å²) >= 11 is 13.3. The number of aliphatic hydroxyl groups excluding tert-OH is 3. The predicted octanol–water partition coefficient (Wildman–Crippen LogP) is 4.63. The molecular formula is C78H102Cl2N10O23. The Labute approximate surface area is 663 Å². The van der Waals surface area contributed by atoms with Gasteiger partial charge in [-0.05, 0) is 77.6 Å². The van der Waals surface area contributed by atoms with Crippen molar-refractivity contribution in [3.8, 4) is 11.5 Å². The monoisotopic (exact) mass is 1620 g/mol. The zero-order valence-electron chi connectivity index (χ0n) is 63.7. The predicted molar refractivity (Wildman–Crippen MR) is 414 cm³/mol. The maximum atomic E-state index is 15.1. The molecule has 616 valence electrons. The second-order valence-corrected chi connectivity index (χ2v) is 29.7. The maximum absolute atomic E-state index is 15.1. The van der Waals surface area contributed by atoms with E-state index < -0.39 is 95.5 Å². The zero-order valence-corrected chi connectivity index (χ0v) is 65.2. The lowest BCUT2D eigenvalue weighted by molar-refractivity contribution is -0.270. The number of carbonyl (C=O) groups is 9. The second kappa shape index (κ2) is 40.5. The Hall–Kier alpha value is -8.81. The Kier molecular flexibility index (Phi) is 31.0. The molecule has 5 aromatic carbocycles. The summed E-state index contributed by atoms with van der Waals surface area (Å²) in [6, 6.07) is 21.3. The number of anilines is 3. The van der Waals surface area contributed by atoms with Crippen LogP contribution in [0.2, 0.25) is 0 Å². The van der Waals surface area contributed by atoms with Crippen LogP contribution in [0.15, 0.2) is 84.9 Å². The number of nitrogens with one attached hydrogen (secondary N) is 4. The van der Waals surface area contributed by atoms with E-state index in [1.807, 2.05) is 24.3 Å². The minimum absolute atomic E-state index is 0.0156. The molecule has 12 N–H and O–H groups in total. The number of fused-ring (bicyclic) bond motifs is 6. The van der Waals surface area contributed by atoms with Gasteiger partial charge in [-0.25, -0.2) is 19.2 Å². The van der Waals surface area contributed by atoms with Crippen molar-refractivity contribution in [1.29, 1.82) is 0 Å². The van der Waals surface area contributed by atoms with E-state index in [9.17, 15) is 54.0 Å². The van der Waals surface area contributed by atoms with E-state index in [0.29, 0.717) is 105 Å². The van der Waals surface area contributed by atoms with Crippen molar-refractivity contribution in [3.63, 3.8) is 0 Å². The molecule has 0 radical (unpaired) electrons. The number of ether oxygens (including phenoxy) is 10. The number of aliphatic carboxylic acids is 1. The number of alkyl halides is 2. The summed E-state index contributed by atoms with van der Waals surface area (Å²) in [5, 5.41) is 54.9. The molecule has 6 aliphatic rings. The molecule has 9 unspecified atom stereocenters. The first-order chi connectivity index (χ1) is 54.3. The first-order valence-corrected chi connectivity index (χ1v) is 38.9. The third-order valence-corrected chi connectivity index (χ3v) is 21.5. The number of nitrogens with two attached hydrogens (primary N) is 2. The summed E-state index contributed by atoms with van der Waals surface area (Å²) < 4.78 is 56.1. The van der Waals surface area contributed by atoms with Crippen LogP contribution in [0.4, 0.5) is 31.4 Å². The minimum atomic E-state index is -1.94. The molecular weight excluding hydrogens is 1520 g/mol. The van der Waals surface area contributed by atoms with Gasteiger partial charge in [-0.1, -0.05) is 74.5 Å². The Morgan fingerprint density at radius 3 is 1.60 bits per heavy atom. The summed E-state index contributed by atoms with van der Waals surface area (Å²) in [5.74, 6) is -4.00. The fourth-order valence-corrected chi connectivity index (χ4v) is 15.3. The topological polar surface area (TPSA) is 440 Å². The number of carboxylic acid groups (broad SMARTS) is 1. The lowest BCUT2D eigenvalue weighted by Gasteiger charge is -2.69. The number of nitrogens with zero attached hydrogens (tertiary/aromatic N) is 4. The Bertz CT molecular complexity index is 4150. The van der Waals surface area contributed by atoms with Gasteiger partial charge in [0, 0.05) is 112 Å². The van der Waals surface area contributed by atoms with E-state index in [4.69, 9.17) is 82.0 Å². The molecule has 33 nitrogen and oxygen atoms in total. The van der Waals surface area contributed by atoms with Crippen molar-refractivity contribution in [2.24, 2.45) is 28.2 Å². The smallest absolute Gasteiger partial charge is 0.415 e. The number of carbonyl (C=O) groups excluding carboxylic acids is 8. The summed E-state index contributed by atoms with van der Waals surface area (Å²) in [4.78, 5) is 127. The highest BCUT2D eigenvalue weighted by atomic mass is 35.5. The van der Waals surface area contributed by atoms with Crippen LogP contribution in [0, 0.1) is 16.7 Å². The van der Waals surface area contributed by atoms with Crippen LogP contribution < -0.4 is 52.0 Å². The summed E-state index contributed by atoms with van der Waals surface area (Å²) in [5.41, 5.74) is 12.3. The first kappa shape index (κ1) is 86.6. The number of halogens is 2. The molecule has 3 saturated carbocycles. The fourth-order valence-electron chi connectivity index (χ4n) is 14.8. The summed E-state index contributed by atoms with van der Waals surface area (Å²) in [7, 11) is 3.02. The molecule has 5 aromatic rings. The molecule has 3 heterocycles. The lowest BCUT2D eigenvalue weighted by atomic mass is 9.34. The van der Waals surface area contributed by atoms with Gasteiger partial charge in [-0.3, -0.25) is 24.0 Å². The fraction of sp³-hybridized carbons (Fsp3) is 0.551. The van der Waals surface area contributed by atoms with Crippen molar-refractivity contribution in [3.05, 3.63) is 102 Å². The molecule has 9 atom stereocenters. The third-order valence-electron chi connectivity index (χ3n) is 20.8. The number of likely N-dealkylation sites (N-methyl/N-ethyl adjacent to an activating group) is 2. The van der Waals surface area contributed by atoms with Gasteiger partial charge in [0.1, 0.15) is 48.5 Å². The highest BCUT2D eigenvalue weighted by Gasteiger charge is 2.76. The minimum Gasteiger partial charge on any atom is -0.479 e. The van der Waals surface area contributed by atoms with Crippen LogP contribution in [0.3, 0.4) is 0 Å². The second-order valence-electron chi connectivity index (χ2n) is 29.1. The van der Waals surface area contributed by atoms with Gasteiger partial charge >= 0.3 is 24.2 Å². The number of rotatable bonds is 43. The number of hydrogen-bond donors (Lipinski definition) is 10. The van der Waals surface area contributed by atoms with Crippen molar-refractivity contribution >= 4 is 116 Å². The number of carboxylic acids is 1. The van der Waals surface area contributed by atoms with Gasteiger partial charge in [0.2, 0.25) is 35.8 Å². The van der Waals surface area contributed by atoms with Crippen LogP contribution in [-0.4, -0.2) is 271 Å². The average Bonchev–Trinajstić information content (AvgIpc) is 1.34. The summed E-state index contributed by atoms with van der Waals surface area (Å²) in [6.07, 6.45) is -9.75. The average molecular weight is 1620 g/mol. The van der Waals surface area contributed by atoms with Crippen LogP contribution in [-0.2, 0) is 73.3 Å². The van der Waals surface area contributed by atoms with E-state index in [1.54, 1.807) is 84.3 Å². The van der Waals surface area contributed by atoms with Gasteiger partial charge in [0.15, 0.2) is 6.10 Å². The Morgan fingerprint density at radius 1 is 0.619 bits per heavy atom. The van der Waals surface area contributed by atoms with E-state index in [2.05, 4.69) is 21.3 Å². The van der Waals surface area contributed by atoms with Crippen molar-refractivity contribution in [1.82, 2.24) is 25.8 Å². The Balaban J connectivity index is 0.675. The highest BCUT2D eigenvalue weighted by Crippen LogP contribution is 2.75. The molecule has 2 bridgehead atoms. The number of urea groups is 1. The molecule has 3 aliphatic heterocycles. The third kappa shape index (κ3) is 21.2. The molecule has 0 aromatic heterocycles. The van der Waals surface area contributed by atoms with Gasteiger partial charge in [-0.15, -0.1) is 23.2 Å². The zero-order chi connectivity index (χ0) is 81.1. The van der Waals surface area contributed by atoms with Gasteiger partial charge in [-0.2, -0.15) is 0 Å². The molecule has 113 heavy (non-hydrogen) atoms. The highest BCUT2D eigenvalue weighted by molar-refractivity contribution is 6.20. The van der Waals surface area contributed by atoms with Gasteiger partial charge in [0.25, 0.3) is 0 Å². The number of aliphatic hydroxyl groups is 3. The quantitative estimate of drug-likeness (QED) is 0.0188. The SMILES string of the molecule is CC(C)C(NC(=O)CCOCCOCCOCCOCCOCCOCCN)C(=O)NC(CCCNC(N)=O)C(=O)Nc1ccc(COC(=O)N(C)CCN(C)C(=O)Oc2cc3c(c4ccccc24)C(CCl)CN3C(=O)C23CC(C(=O)N4CC(CCl)c5c4cc(OC4OC(C(=O)O)C(O)C(O)C4O)c4ccccc54)(C2)C3)cc1. The summed E-state index contributed by atoms with van der Waals surface area (Å²) in [6.45, 7) is 8.82. The molecule has 35 heteroatoms. The molecule has 1 saturated heterocycles. The molecule has 3 aliphatic carbocycles. The van der Waals surface area contributed by atoms with E-state index in [1.165, 1.54) is 23.9 Å². The van der Waals surface area contributed by atoms with Crippen LogP contribution in [0.5, 0.6) is 11.5 Å². The van der Waals surface area contributed by atoms with Gasteiger partial charge in [0.05, 0.1) is 101 Å². The van der Waals surface area contributed by atoms with Crippen LogP contribution in [0.1, 0.15) is 80.9 Å². The van der Waals surface area contributed by atoms with E-state index >= 15 is 9.59 Å². The number of benzene rings is 5. The molecule has 4 fully saturated rings. The van der Waals surface area contributed by atoms with E-state index in [0.717, 1.165) is 16.5 Å². The van der Waals surface area contributed by atoms with Crippen molar-refractivity contribution in [2.75, 3.05) is 160 Å². The number of hydrogen-bond acceptors (Lipinski definition) is 23. The number of amides is 9. The standard InChI is InChI=1S/C78H102Cl2N10O23/c1-46(2)63(86-60(91)19-24-104-26-28-106-30-32-108-34-35-109-33-31-107-29-27-105-25-20-81)69(96)85-55(14-9-21-83-74(82)101)68(95)84-50-17-15-47(16-18-50)42-110-75(102)87(3)22-23-88(4)76(103)112-59-37-57-62(54-13-8-6-11-52(54)59)49(39-80)41-90(57)73(100)78-43-77(44-78,45-78)72(99)89-40-48(38-79)61-53-12-7-5-10-51(53)58(36-56(61)89)111-71-66(94)64(92)65(93)67(113-71)70(97)98/h5-8,10-13,15-18,36-37,46,48-49,55,63-67,71,92-94H,9,14,19-35,38-45,81H2,1-4H3,(H,84,95)(H,85,96)(H,86,91)(H,97,98)(H3,82,83,101). The van der Waals surface area contributed by atoms with Gasteiger partial charge < -0.3 is 120 Å². The number of primary amides is 1. The maximum Gasteiger partial charge on any atom is 0.415 e. The molecule has 11 rings (SSSR count). The Morgan fingerprint density at radius 2 is 1.11 bits per heavy atom. The van der Waals surface area contributed by atoms with Crippen molar-refractivity contribution < 1.29 is 111 Å². The molecule has 0 spiro atoms. The van der Waals surface area contributed by atoms with E-state index in [-0.39, 0.29) is 151 Å².